The van der Waals surface area contributed by atoms with Crippen LogP contribution in [0.5, 0.6) is 0 Å². The number of benzene rings is 2. The monoisotopic (exact) mass is 305 g/mol. The number of hydrogen-bond donors (Lipinski definition) is 1. The maximum absolute atomic E-state index is 13.7. The zero-order chi connectivity index (χ0) is 14.9. The lowest BCUT2D eigenvalue weighted by Gasteiger charge is -2.25. The number of halogens is 1. The van der Waals surface area contributed by atoms with Gasteiger partial charge in [0.05, 0.1) is 0 Å². The first-order valence-corrected chi connectivity index (χ1v) is 8.38. The SMILES string of the molecule is O=S(=O)(NC1CCc2ccccc2C1)c1ccccc1F. The summed E-state index contributed by atoms with van der Waals surface area (Å²) in [6.45, 7) is 0. The molecule has 2 aromatic carbocycles. The molecule has 0 spiro atoms. The number of hydrogen-bond acceptors (Lipinski definition) is 2. The maximum atomic E-state index is 13.7. The van der Waals surface area contributed by atoms with E-state index >= 15 is 0 Å². The van der Waals surface area contributed by atoms with E-state index < -0.39 is 15.8 Å². The Kier molecular flexibility index (Phi) is 3.78. The summed E-state index contributed by atoms with van der Waals surface area (Å²) in [5.74, 6) is -0.721. The summed E-state index contributed by atoms with van der Waals surface area (Å²) in [5.41, 5.74) is 2.42. The van der Waals surface area contributed by atoms with Gasteiger partial charge in [-0.25, -0.2) is 17.5 Å². The Morgan fingerprint density at radius 2 is 1.67 bits per heavy atom. The van der Waals surface area contributed by atoms with E-state index in [1.807, 2.05) is 18.2 Å². The number of fused-ring (bicyclic) bond motifs is 1. The topological polar surface area (TPSA) is 46.2 Å². The number of aryl methyl sites for hydroxylation is 1. The molecule has 0 saturated carbocycles. The second-order valence-electron chi connectivity index (χ2n) is 5.26. The number of sulfonamides is 1. The van der Waals surface area contributed by atoms with Gasteiger partial charge in [0.2, 0.25) is 10.0 Å². The van der Waals surface area contributed by atoms with Gasteiger partial charge in [0.15, 0.2) is 0 Å². The molecular formula is C16H16FNO2S. The molecule has 0 fully saturated rings. The van der Waals surface area contributed by atoms with Crippen LogP contribution < -0.4 is 4.72 Å². The highest BCUT2D eigenvalue weighted by atomic mass is 32.2. The molecule has 5 heteroatoms. The van der Waals surface area contributed by atoms with E-state index in [0.29, 0.717) is 6.42 Å². The van der Waals surface area contributed by atoms with E-state index in [0.717, 1.165) is 24.5 Å². The van der Waals surface area contributed by atoms with Crippen LogP contribution in [0.15, 0.2) is 53.4 Å². The minimum Gasteiger partial charge on any atom is -0.208 e. The van der Waals surface area contributed by atoms with Crippen LogP contribution >= 0.6 is 0 Å². The molecule has 0 radical (unpaired) electrons. The molecule has 0 aromatic heterocycles. The second-order valence-corrected chi connectivity index (χ2v) is 6.94. The van der Waals surface area contributed by atoms with Crippen LogP contribution in [0.3, 0.4) is 0 Å². The fourth-order valence-electron chi connectivity index (χ4n) is 2.74. The Bertz CT molecular complexity index is 758. The van der Waals surface area contributed by atoms with Crippen LogP contribution in [0.4, 0.5) is 4.39 Å². The third kappa shape index (κ3) is 2.99. The van der Waals surface area contributed by atoms with Gasteiger partial charge in [0.25, 0.3) is 0 Å². The van der Waals surface area contributed by atoms with E-state index in [9.17, 15) is 12.8 Å². The Morgan fingerprint density at radius 1 is 1.00 bits per heavy atom. The summed E-state index contributed by atoms with van der Waals surface area (Å²) < 4.78 is 40.8. The van der Waals surface area contributed by atoms with Crippen LogP contribution in [0.25, 0.3) is 0 Å². The van der Waals surface area contributed by atoms with Crippen molar-refractivity contribution in [3.63, 3.8) is 0 Å². The highest BCUT2D eigenvalue weighted by molar-refractivity contribution is 7.89. The number of nitrogens with one attached hydrogen (secondary N) is 1. The highest BCUT2D eigenvalue weighted by Crippen LogP contribution is 2.23. The van der Waals surface area contributed by atoms with Gasteiger partial charge >= 0.3 is 0 Å². The average Bonchev–Trinajstić information content (AvgIpc) is 2.47. The Hall–Kier alpha value is -1.72. The summed E-state index contributed by atoms with van der Waals surface area (Å²) in [5, 5.41) is 0. The molecule has 2 aromatic rings. The zero-order valence-corrected chi connectivity index (χ0v) is 12.2. The molecule has 0 bridgehead atoms. The van der Waals surface area contributed by atoms with Crippen molar-refractivity contribution < 1.29 is 12.8 Å². The maximum Gasteiger partial charge on any atom is 0.243 e. The summed E-state index contributed by atoms with van der Waals surface area (Å²) >= 11 is 0. The molecule has 110 valence electrons. The van der Waals surface area contributed by atoms with E-state index in [4.69, 9.17) is 0 Å². The lowest BCUT2D eigenvalue weighted by atomic mass is 9.89. The third-order valence-corrected chi connectivity index (χ3v) is 5.35. The first-order valence-electron chi connectivity index (χ1n) is 6.90. The van der Waals surface area contributed by atoms with Crippen molar-refractivity contribution in [2.45, 2.75) is 30.2 Å². The molecule has 1 aliphatic rings. The largest absolute Gasteiger partial charge is 0.243 e. The van der Waals surface area contributed by atoms with Crippen LogP contribution in [-0.2, 0) is 22.9 Å². The van der Waals surface area contributed by atoms with Crippen LogP contribution in [-0.4, -0.2) is 14.5 Å². The fourth-order valence-corrected chi connectivity index (χ4v) is 4.09. The molecule has 3 rings (SSSR count). The van der Waals surface area contributed by atoms with Gasteiger partial charge < -0.3 is 0 Å². The number of rotatable bonds is 3. The first kappa shape index (κ1) is 14.2. The Labute approximate surface area is 123 Å². The second kappa shape index (κ2) is 5.58. The summed E-state index contributed by atoms with van der Waals surface area (Å²) in [6, 6.07) is 13.3. The van der Waals surface area contributed by atoms with Crippen LogP contribution in [0.1, 0.15) is 17.5 Å². The van der Waals surface area contributed by atoms with Gasteiger partial charge in [-0.3, -0.25) is 0 Å². The third-order valence-electron chi connectivity index (χ3n) is 3.79. The van der Waals surface area contributed by atoms with Gasteiger partial charge in [0.1, 0.15) is 10.7 Å². The molecule has 0 heterocycles. The molecule has 1 unspecified atom stereocenters. The van der Waals surface area contributed by atoms with E-state index in [-0.39, 0.29) is 10.9 Å². The summed E-state index contributed by atoms with van der Waals surface area (Å²) in [7, 11) is -3.82. The molecule has 0 aliphatic heterocycles. The van der Waals surface area contributed by atoms with Gasteiger partial charge in [-0.1, -0.05) is 36.4 Å². The lowest BCUT2D eigenvalue weighted by Crippen LogP contribution is -2.39. The van der Waals surface area contributed by atoms with Gasteiger partial charge in [0, 0.05) is 6.04 Å². The van der Waals surface area contributed by atoms with Gasteiger partial charge in [-0.05, 0) is 42.5 Å². The van der Waals surface area contributed by atoms with E-state index in [1.165, 1.54) is 23.8 Å². The quantitative estimate of drug-likeness (QED) is 0.947. The molecular weight excluding hydrogens is 289 g/mol. The van der Waals surface area contributed by atoms with Crippen molar-refractivity contribution in [3.05, 3.63) is 65.5 Å². The van der Waals surface area contributed by atoms with Crippen molar-refractivity contribution in [1.29, 1.82) is 0 Å². The predicted octanol–water partition coefficient (Wildman–Crippen LogP) is 2.66. The minimum atomic E-state index is -3.82. The lowest BCUT2D eigenvalue weighted by molar-refractivity contribution is 0.501. The molecule has 1 N–H and O–H groups in total. The van der Waals surface area contributed by atoms with E-state index in [2.05, 4.69) is 10.8 Å². The molecule has 1 aliphatic carbocycles. The minimum absolute atomic E-state index is 0.190. The first-order chi connectivity index (χ1) is 10.1. The fraction of sp³-hybridized carbons (Fsp3) is 0.250. The van der Waals surface area contributed by atoms with Crippen molar-refractivity contribution in [2.75, 3.05) is 0 Å². The van der Waals surface area contributed by atoms with Gasteiger partial charge in [-0.15, -0.1) is 0 Å². The molecule has 0 amide bonds. The van der Waals surface area contributed by atoms with Crippen molar-refractivity contribution >= 4 is 10.0 Å². The molecule has 3 nitrogen and oxygen atoms in total. The predicted molar refractivity (Wildman–Crippen MR) is 79.0 cm³/mol. The Morgan fingerprint density at radius 3 is 2.43 bits per heavy atom. The van der Waals surface area contributed by atoms with Crippen molar-refractivity contribution in [2.24, 2.45) is 0 Å². The molecule has 0 saturated heterocycles. The van der Waals surface area contributed by atoms with Gasteiger partial charge in [-0.2, -0.15) is 0 Å². The van der Waals surface area contributed by atoms with Crippen molar-refractivity contribution in [3.8, 4) is 0 Å². The highest BCUT2D eigenvalue weighted by Gasteiger charge is 2.25. The molecule has 21 heavy (non-hydrogen) atoms. The smallest absolute Gasteiger partial charge is 0.208 e. The standard InChI is InChI=1S/C16H16FNO2S/c17-15-7-3-4-8-16(15)21(19,20)18-14-10-9-12-5-1-2-6-13(12)11-14/h1-8,14,18H,9-11H2. The Balaban J connectivity index is 1.80. The van der Waals surface area contributed by atoms with Crippen LogP contribution in [0, 0.1) is 5.82 Å². The van der Waals surface area contributed by atoms with E-state index in [1.54, 1.807) is 0 Å². The molecule has 1 atom stereocenters. The van der Waals surface area contributed by atoms with Crippen LogP contribution in [0.2, 0.25) is 0 Å². The average molecular weight is 305 g/mol. The zero-order valence-electron chi connectivity index (χ0n) is 11.4. The van der Waals surface area contributed by atoms with Crippen molar-refractivity contribution in [1.82, 2.24) is 4.72 Å². The normalized spacial score (nSPS) is 18.2. The summed E-state index contributed by atoms with van der Waals surface area (Å²) in [4.78, 5) is -0.288. The summed E-state index contributed by atoms with van der Waals surface area (Å²) in [6.07, 6.45) is 2.20.